The predicted molar refractivity (Wildman–Crippen MR) is 90.4 cm³/mol. The minimum atomic E-state index is 0.621. The van der Waals surface area contributed by atoms with E-state index in [-0.39, 0.29) is 0 Å². The van der Waals surface area contributed by atoms with Gasteiger partial charge in [0.2, 0.25) is 0 Å². The third kappa shape index (κ3) is 5.23. The summed E-state index contributed by atoms with van der Waals surface area (Å²) in [5.41, 5.74) is 4.10. The maximum absolute atomic E-state index is 5.24. The normalized spacial score (nSPS) is 10.4. The van der Waals surface area contributed by atoms with Crippen molar-refractivity contribution < 1.29 is 4.42 Å². The Morgan fingerprint density at radius 1 is 1.19 bits per heavy atom. The van der Waals surface area contributed by atoms with E-state index in [1.807, 2.05) is 12.1 Å². The monoisotopic (exact) mass is 302 g/mol. The first-order chi connectivity index (χ1) is 10.1. The molecule has 0 spiro atoms. The van der Waals surface area contributed by atoms with Gasteiger partial charge in [-0.25, -0.2) is 0 Å². The Kier molecular flexibility index (Phi) is 5.81. The van der Waals surface area contributed by atoms with E-state index in [0.29, 0.717) is 11.7 Å². The zero-order valence-corrected chi connectivity index (χ0v) is 13.4. The molecule has 0 saturated carbocycles. The van der Waals surface area contributed by atoms with Crippen molar-refractivity contribution in [2.24, 2.45) is 0 Å². The summed E-state index contributed by atoms with van der Waals surface area (Å²) in [6.07, 6.45) is 3.80. The van der Waals surface area contributed by atoms with Crippen molar-refractivity contribution >= 4 is 17.3 Å². The summed E-state index contributed by atoms with van der Waals surface area (Å²) in [5.74, 6) is 0.884. The summed E-state index contributed by atoms with van der Waals surface area (Å²) in [5, 5.41) is 7.03. The van der Waals surface area contributed by atoms with Crippen molar-refractivity contribution in [1.82, 2.24) is 10.6 Å². The van der Waals surface area contributed by atoms with E-state index < -0.39 is 0 Å². The van der Waals surface area contributed by atoms with Gasteiger partial charge < -0.3 is 15.1 Å². The molecule has 21 heavy (non-hydrogen) atoms. The molecule has 0 saturated heterocycles. The number of benzene rings is 1. The quantitative estimate of drug-likeness (QED) is 0.633. The summed E-state index contributed by atoms with van der Waals surface area (Å²) in [7, 11) is 0. The third-order valence-electron chi connectivity index (χ3n) is 3.41. The molecule has 0 amide bonds. The Morgan fingerprint density at radius 3 is 2.76 bits per heavy atom. The lowest BCUT2D eigenvalue weighted by atomic mass is 10.0. The van der Waals surface area contributed by atoms with Crippen molar-refractivity contribution in [2.45, 2.75) is 33.2 Å². The minimum absolute atomic E-state index is 0.621. The fourth-order valence-electron chi connectivity index (χ4n) is 2.25. The summed E-state index contributed by atoms with van der Waals surface area (Å²) < 4.78 is 5.24. The topological polar surface area (TPSA) is 37.2 Å². The molecule has 0 unspecified atom stereocenters. The van der Waals surface area contributed by atoms with E-state index in [2.05, 4.69) is 42.7 Å². The van der Waals surface area contributed by atoms with Gasteiger partial charge in [-0.2, -0.15) is 0 Å². The van der Waals surface area contributed by atoms with Crippen molar-refractivity contribution in [1.29, 1.82) is 0 Å². The average Bonchev–Trinajstić information content (AvgIpc) is 2.96. The number of furan rings is 1. The number of aryl methyl sites for hydroxylation is 3. The van der Waals surface area contributed by atoms with Crippen LogP contribution >= 0.6 is 12.2 Å². The van der Waals surface area contributed by atoms with Gasteiger partial charge in [0.1, 0.15) is 5.76 Å². The lowest BCUT2D eigenvalue weighted by molar-refractivity contribution is 0.502. The van der Waals surface area contributed by atoms with Crippen LogP contribution in [0.25, 0.3) is 0 Å². The van der Waals surface area contributed by atoms with E-state index in [4.69, 9.17) is 16.6 Å². The van der Waals surface area contributed by atoms with Gasteiger partial charge >= 0.3 is 0 Å². The van der Waals surface area contributed by atoms with Crippen LogP contribution in [0, 0.1) is 13.8 Å². The van der Waals surface area contributed by atoms with Gasteiger partial charge in [-0.3, -0.25) is 0 Å². The molecule has 0 atom stereocenters. The third-order valence-corrected chi connectivity index (χ3v) is 3.70. The second-order valence-corrected chi connectivity index (χ2v) is 5.63. The molecule has 0 radical (unpaired) electrons. The van der Waals surface area contributed by atoms with Gasteiger partial charge in [0.25, 0.3) is 0 Å². The lowest BCUT2D eigenvalue weighted by Crippen LogP contribution is -2.35. The zero-order chi connectivity index (χ0) is 15.1. The maximum Gasteiger partial charge on any atom is 0.166 e. The van der Waals surface area contributed by atoms with Gasteiger partial charge in [0, 0.05) is 6.54 Å². The van der Waals surface area contributed by atoms with Crippen molar-refractivity contribution in [2.75, 3.05) is 6.54 Å². The van der Waals surface area contributed by atoms with Gasteiger partial charge in [0.05, 0.1) is 12.8 Å². The Morgan fingerprint density at radius 2 is 2.05 bits per heavy atom. The number of thiocarbonyl (C=S) groups is 1. The van der Waals surface area contributed by atoms with Gasteiger partial charge in [-0.05, 0) is 62.2 Å². The molecule has 0 aliphatic carbocycles. The fraction of sp³-hybridized carbons (Fsp3) is 0.353. The molecular weight excluding hydrogens is 280 g/mol. The molecule has 1 aromatic carbocycles. The van der Waals surface area contributed by atoms with Crippen molar-refractivity contribution in [3.05, 3.63) is 59.0 Å². The molecule has 1 aromatic heterocycles. The Labute approximate surface area is 131 Å². The van der Waals surface area contributed by atoms with Crippen molar-refractivity contribution in [3.8, 4) is 0 Å². The number of rotatable bonds is 6. The molecule has 0 fully saturated rings. The van der Waals surface area contributed by atoms with Crippen molar-refractivity contribution in [3.63, 3.8) is 0 Å². The first kappa shape index (κ1) is 15.6. The summed E-state index contributed by atoms with van der Waals surface area (Å²) in [6, 6.07) is 10.4. The van der Waals surface area contributed by atoms with Crippen LogP contribution in [-0.4, -0.2) is 11.7 Å². The largest absolute Gasteiger partial charge is 0.467 e. The molecular formula is C17H22N2OS. The molecule has 0 bridgehead atoms. The highest BCUT2D eigenvalue weighted by molar-refractivity contribution is 7.80. The first-order valence-electron chi connectivity index (χ1n) is 7.25. The first-order valence-corrected chi connectivity index (χ1v) is 7.66. The highest BCUT2D eigenvalue weighted by Crippen LogP contribution is 2.12. The molecule has 112 valence electrons. The van der Waals surface area contributed by atoms with Gasteiger partial charge in [-0.15, -0.1) is 0 Å². The molecule has 1 heterocycles. The Bertz CT molecular complexity index is 578. The number of hydrogen-bond donors (Lipinski definition) is 2. The van der Waals surface area contributed by atoms with Crippen LogP contribution in [0.1, 0.15) is 28.9 Å². The van der Waals surface area contributed by atoms with E-state index >= 15 is 0 Å². The highest BCUT2D eigenvalue weighted by atomic mass is 32.1. The maximum atomic E-state index is 5.24. The van der Waals surface area contributed by atoms with Crippen LogP contribution in [0.3, 0.4) is 0 Å². The van der Waals surface area contributed by atoms with Gasteiger partial charge in [0.15, 0.2) is 5.11 Å². The number of hydrogen-bond acceptors (Lipinski definition) is 2. The van der Waals surface area contributed by atoms with Crippen LogP contribution in [0.15, 0.2) is 41.0 Å². The molecule has 2 aromatic rings. The second-order valence-electron chi connectivity index (χ2n) is 5.22. The smallest absolute Gasteiger partial charge is 0.166 e. The fourth-order valence-corrected chi connectivity index (χ4v) is 2.42. The molecule has 4 heteroatoms. The summed E-state index contributed by atoms with van der Waals surface area (Å²) in [4.78, 5) is 0. The van der Waals surface area contributed by atoms with E-state index in [1.54, 1.807) is 6.26 Å². The highest BCUT2D eigenvalue weighted by Gasteiger charge is 2.00. The molecule has 3 nitrogen and oxygen atoms in total. The Balaban J connectivity index is 1.64. The van der Waals surface area contributed by atoms with E-state index in [1.165, 1.54) is 16.7 Å². The summed E-state index contributed by atoms with van der Waals surface area (Å²) in [6.45, 7) is 5.79. The molecule has 0 aliphatic heterocycles. The molecule has 0 aliphatic rings. The zero-order valence-electron chi connectivity index (χ0n) is 12.6. The van der Waals surface area contributed by atoms with E-state index in [9.17, 15) is 0 Å². The minimum Gasteiger partial charge on any atom is -0.467 e. The number of nitrogens with one attached hydrogen (secondary N) is 2. The lowest BCUT2D eigenvalue weighted by Gasteiger charge is -2.10. The van der Waals surface area contributed by atoms with Gasteiger partial charge in [-0.1, -0.05) is 23.8 Å². The molecule has 2 N–H and O–H groups in total. The molecule has 2 rings (SSSR count). The second kappa shape index (κ2) is 7.84. The Hall–Kier alpha value is -1.81. The van der Waals surface area contributed by atoms with Crippen LogP contribution in [0.4, 0.5) is 0 Å². The predicted octanol–water partition coefficient (Wildman–Crippen LogP) is 3.49. The SMILES string of the molecule is Cc1ccc(CCCNC(=S)NCc2ccco2)c(C)c1. The standard InChI is InChI=1S/C17H22N2OS/c1-13-7-8-15(14(2)11-13)5-3-9-18-17(21)19-12-16-6-4-10-20-16/h4,6-8,10-11H,3,5,9,12H2,1-2H3,(H2,18,19,21). The van der Waals surface area contributed by atoms with Crippen LogP contribution in [0.5, 0.6) is 0 Å². The van der Waals surface area contributed by atoms with Crippen LogP contribution in [-0.2, 0) is 13.0 Å². The average molecular weight is 302 g/mol. The van der Waals surface area contributed by atoms with Crippen LogP contribution in [0.2, 0.25) is 0 Å². The summed E-state index contributed by atoms with van der Waals surface area (Å²) >= 11 is 5.24. The van der Waals surface area contributed by atoms with Crippen LogP contribution < -0.4 is 10.6 Å². The van der Waals surface area contributed by atoms with E-state index in [0.717, 1.165) is 25.1 Å².